The van der Waals surface area contributed by atoms with E-state index in [9.17, 15) is 14.4 Å². The summed E-state index contributed by atoms with van der Waals surface area (Å²) in [5.74, 6) is -1.96. The summed E-state index contributed by atoms with van der Waals surface area (Å²) in [7, 11) is 0. The third kappa shape index (κ3) is 2.40. The van der Waals surface area contributed by atoms with E-state index in [1.54, 1.807) is 24.3 Å². The number of hydrogen-bond acceptors (Lipinski definition) is 4. The molecule has 1 aliphatic rings. The van der Waals surface area contributed by atoms with Gasteiger partial charge >= 0.3 is 11.6 Å². The molecule has 1 N–H and O–H groups in total. The predicted octanol–water partition coefficient (Wildman–Crippen LogP) is 1.34. The van der Waals surface area contributed by atoms with Crippen molar-refractivity contribution in [3.8, 4) is 0 Å². The normalized spacial score (nSPS) is 18.1. The van der Waals surface area contributed by atoms with Gasteiger partial charge in [0.15, 0.2) is 0 Å². The van der Waals surface area contributed by atoms with Crippen molar-refractivity contribution in [1.29, 1.82) is 0 Å². The number of carbonyl (C=O) groups excluding carboxylic acids is 1. The van der Waals surface area contributed by atoms with Crippen LogP contribution >= 0.6 is 0 Å². The molecule has 6 nitrogen and oxygen atoms in total. The highest BCUT2D eigenvalue weighted by Gasteiger charge is 2.32. The number of nitrogens with zero attached hydrogens (tertiary/aromatic N) is 1. The summed E-state index contributed by atoms with van der Waals surface area (Å²) in [5, 5.41) is 9.62. The van der Waals surface area contributed by atoms with E-state index in [0.717, 1.165) is 0 Å². The minimum absolute atomic E-state index is 0.0558. The Labute approximate surface area is 119 Å². The van der Waals surface area contributed by atoms with Crippen molar-refractivity contribution in [2.75, 3.05) is 13.1 Å². The quantitative estimate of drug-likeness (QED) is 0.842. The molecule has 0 aliphatic carbocycles. The van der Waals surface area contributed by atoms with Crippen molar-refractivity contribution in [3.63, 3.8) is 0 Å². The molecule has 1 amide bonds. The average molecular weight is 287 g/mol. The van der Waals surface area contributed by atoms with Gasteiger partial charge in [0.1, 0.15) is 11.1 Å². The zero-order valence-electron chi connectivity index (χ0n) is 11.1. The molecule has 0 spiro atoms. The first kappa shape index (κ1) is 13.4. The van der Waals surface area contributed by atoms with E-state index >= 15 is 0 Å². The number of aliphatic carboxylic acids is 1. The largest absolute Gasteiger partial charge is 0.481 e. The van der Waals surface area contributed by atoms with E-state index < -0.39 is 23.4 Å². The maximum atomic E-state index is 12.4. The van der Waals surface area contributed by atoms with Crippen LogP contribution in [0.2, 0.25) is 0 Å². The van der Waals surface area contributed by atoms with Crippen molar-refractivity contribution in [3.05, 3.63) is 46.3 Å². The number of para-hydroxylation sites is 1. The highest BCUT2D eigenvalue weighted by atomic mass is 16.4. The van der Waals surface area contributed by atoms with Crippen LogP contribution in [0.25, 0.3) is 11.0 Å². The van der Waals surface area contributed by atoms with Crippen LogP contribution in [-0.2, 0) is 4.79 Å². The second kappa shape index (κ2) is 5.05. The minimum Gasteiger partial charge on any atom is -0.481 e. The van der Waals surface area contributed by atoms with Crippen LogP contribution in [0.1, 0.15) is 16.8 Å². The van der Waals surface area contributed by atoms with E-state index in [4.69, 9.17) is 9.52 Å². The summed E-state index contributed by atoms with van der Waals surface area (Å²) in [5.41, 5.74) is -0.332. The molecule has 21 heavy (non-hydrogen) atoms. The highest BCUT2D eigenvalue weighted by Crippen LogP contribution is 2.19. The maximum Gasteiger partial charge on any atom is 0.349 e. The zero-order valence-corrected chi connectivity index (χ0v) is 11.1. The van der Waals surface area contributed by atoms with Gasteiger partial charge in [-0.3, -0.25) is 9.59 Å². The maximum absolute atomic E-state index is 12.4. The van der Waals surface area contributed by atoms with E-state index in [-0.39, 0.29) is 12.1 Å². The predicted molar refractivity (Wildman–Crippen MR) is 74.1 cm³/mol. The number of likely N-dealkylation sites (tertiary alicyclic amines) is 1. The van der Waals surface area contributed by atoms with Gasteiger partial charge in [0.25, 0.3) is 5.91 Å². The number of carboxylic acids is 1. The number of fused-ring (bicyclic) bond motifs is 1. The lowest BCUT2D eigenvalue weighted by atomic mass is 10.1. The summed E-state index contributed by atoms with van der Waals surface area (Å²) < 4.78 is 5.13. The van der Waals surface area contributed by atoms with Crippen LogP contribution in [0.4, 0.5) is 0 Å². The van der Waals surface area contributed by atoms with Crippen LogP contribution in [0, 0.1) is 5.92 Å². The standard InChI is InChI=1S/C15H13NO5/c17-13(16-6-5-10(8-16)14(18)19)11-7-9-3-1-2-4-12(9)21-15(11)20/h1-4,7,10H,5-6,8H2,(H,18,19). The monoisotopic (exact) mass is 287 g/mol. The molecule has 108 valence electrons. The minimum atomic E-state index is -0.921. The van der Waals surface area contributed by atoms with Crippen molar-refractivity contribution in [2.24, 2.45) is 5.92 Å². The Morgan fingerprint density at radius 1 is 1.29 bits per heavy atom. The van der Waals surface area contributed by atoms with Crippen LogP contribution in [0.3, 0.4) is 0 Å². The molecule has 0 radical (unpaired) electrons. The second-order valence-corrected chi connectivity index (χ2v) is 5.06. The fourth-order valence-corrected chi connectivity index (χ4v) is 2.53. The number of carboxylic acid groups (broad SMARTS) is 1. The van der Waals surface area contributed by atoms with E-state index in [1.165, 1.54) is 11.0 Å². The molecular weight excluding hydrogens is 274 g/mol. The van der Waals surface area contributed by atoms with Gasteiger partial charge in [-0.2, -0.15) is 0 Å². The molecule has 3 rings (SSSR count). The Balaban J connectivity index is 1.93. The van der Waals surface area contributed by atoms with Crippen molar-refractivity contribution in [1.82, 2.24) is 4.90 Å². The van der Waals surface area contributed by atoms with Gasteiger partial charge < -0.3 is 14.4 Å². The Hall–Kier alpha value is -2.63. The summed E-state index contributed by atoms with van der Waals surface area (Å²) in [6.45, 7) is 0.461. The first-order valence-electron chi connectivity index (χ1n) is 6.61. The third-order valence-electron chi connectivity index (χ3n) is 3.70. The fourth-order valence-electron chi connectivity index (χ4n) is 2.53. The van der Waals surface area contributed by atoms with Gasteiger partial charge in [0, 0.05) is 18.5 Å². The molecule has 1 atom stereocenters. The summed E-state index contributed by atoms with van der Waals surface area (Å²) in [4.78, 5) is 36.6. The Morgan fingerprint density at radius 3 is 2.76 bits per heavy atom. The van der Waals surface area contributed by atoms with Gasteiger partial charge in [-0.15, -0.1) is 0 Å². The molecule has 0 bridgehead atoms. The van der Waals surface area contributed by atoms with Gasteiger partial charge in [-0.1, -0.05) is 18.2 Å². The molecule has 2 aromatic rings. The van der Waals surface area contributed by atoms with Gasteiger partial charge in [-0.05, 0) is 18.6 Å². The van der Waals surface area contributed by atoms with Gasteiger partial charge in [-0.25, -0.2) is 4.79 Å². The van der Waals surface area contributed by atoms with Crippen LogP contribution in [0.5, 0.6) is 0 Å². The molecule has 1 aromatic heterocycles. The molecule has 0 saturated carbocycles. The van der Waals surface area contributed by atoms with Crippen LogP contribution in [-0.4, -0.2) is 35.0 Å². The Bertz CT molecular complexity index is 779. The first-order valence-corrected chi connectivity index (χ1v) is 6.61. The summed E-state index contributed by atoms with van der Waals surface area (Å²) in [6.07, 6.45) is 0.403. The molecule has 1 aliphatic heterocycles. The molecule has 6 heteroatoms. The molecule has 2 heterocycles. The van der Waals surface area contributed by atoms with E-state index in [2.05, 4.69) is 0 Å². The smallest absolute Gasteiger partial charge is 0.349 e. The average Bonchev–Trinajstić information content (AvgIpc) is 2.96. The number of amides is 1. The third-order valence-corrected chi connectivity index (χ3v) is 3.70. The first-order chi connectivity index (χ1) is 10.1. The lowest BCUT2D eigenvalue weighted by Gasteiger charge is -2.15. The lowest BCUT2D eigenvalue weighted by Crippen LogP contribution is -2.33. The van der Waals surface area contributed by atoms with Crippen molar-refractivity contribution >= 4 is 22.8 Å². The molecule has 1 unspecified atom stereocenters. The summed E-state index contributed by atoms with van der Waals surface area (Å²) in [6, 6.07) is 8.43. The SMILES string of the molecule is O=C(O)C1CCN(C(=O)c2cc3ccccc3oc2=O)C1. The second-order valence-electron chi connectivity index (χ2n) is 5.06. The fraction of sp³-hybridized carbons (Fsp3) is 0.267. The molecule has 1 saturated heterocycles. The number of hydrogen-bond donors (Lipinski definition) is 1. The molecular formula is C15H13NO5. The number of carbonyl (C=O) groups is 2. The van der Waals surface area contributed by atoms with Crippen molar-refractivity contribution < 1.29 is 19.1 Å². The molecule has 1 aromatic carbocycles. The van der Waals surface area contributed by atoms with E-state index in [1.807, 2.05) is 0 Å². The summed E-state index contributed by atoms with van der Waals surface area (Å²) >= 11 is 0. The number of rotatable bonds is 2. The van der Waals surface area contributed by atoms with Crippen LogP contribution in [0.15, 0.2) is 39.5 Å². The van der Waals surface area contributed by atoms with Gasteiger partial charge in [0.05, 0.1) is 5.92 Å². The molecule has 1 fully saturated rings. The Morgan fingerprint density at radius 2 is 2.05 bits per heavy atom. The van der Waals surface area contributed by atoms with E-state index in [0.29, 0.717) is 23.9 Å². The van der Waals surface area contributed by atoms with Crippen molar-refractivity contribution in [2.45, 2.75) is 6.42 Å². The number of benzene rings is 1. The van der Waals surface area contributed by atoms with Gasteiger partial charge in [0.2, 0.25) is 0 Å². The lowest BCUT2D eigenvalue weighted by molar-refractivity contribution is -0.141. The van der Waals surface area contributed by atoms with Crippen LogP contribution < -0.4 is 5.63 Å². The topological polar surface area (TPSA) is 87.8 Å². The zero-order chi connectivity index (χ0) is 15.0. The highest BCUT2D eigenvalue weighted by molar-refractivity contribution is 5.97. The Kier molecular flexibility index (Phi) is 3.21.